The molecule has 7 fully saturated rings. The Balaban J connectivity index is 0.992. The second kappa shape index (κ2) is 23.9. The number of ether oxygens (including phenoxy) is 7. The fraction of sp³-hybridized carbons (Fsp3) is 0.964. The maximum Gasteiger partial charge on any atom is 0.187 e. The van der Waals surface area contributed by atoms with E-state index in [9.17, 15) is 81.7 Å². The first-order valence-electron chi connectivity index (χ1n) is 28.9. The largest absolute Gasteiger partial charge is 0.396 e. The molecule has 8 aliphatic rings. The number of aliphatic hydroxyl groups is 16. The molecule has 23 heteroatoms. The van der Waals surface area contributed by atoms with Crippen LogP contribution in [0, 0.1) is 51.2 Å². The molecule has 5 aliphatic carbocycles. The molecule has 0 spiro atoms. The van der Waals surface area contributed by atoms with Crippen molar-refractivity contribution in [3.05, 3.63) is 11.6 Å². The van der Waals surface area contributed by atoms with E-state index in [2.05, 4.69) is 47.6 Å². The molecule has 0 aromatic rings. The number of allylic oxidation sites excluding steroid dienone is 1. The van der Waals surface area contributed by atoms with Gasteiger partial charge in [-0.15, -0.1) is 0 Å². The molecular formula is C56H96O23. The maximum atomic E-state index is 12.7. The fourth-order valence-corrected chi connectivity index (χ4v) is 16.3. The van der Waals surface area contributed by atoms with E-state index in [1.54, 1.807) is 20.8 Å². The van der Waals surface area contributed by atoms with E-state index < -0.39 is 183 Å². The third-order valence-corrected chi connectivity index (χ3v) is 21.6. The van der Waals surface area contributed by atoms with Gasteiger partial charge in [-0.1, -0.05) is 60.1 Å². The summed E-state index contributed by atoms with van der Waals surface area (Å²) in [6, 6.07) is 0. The molecule has 3 saturated heterocycles. The van der Waals surface area contributed by atoms with Crippen molar-refractivity contribution in [2.24, 2.45) is 51.2 Å². The summed E-state index contributed by atoms with van der Waals surface area (Å²) in [5.74, 6) is -1.05. The SMILES string of the molecule is CC[C@@H]1O[C@H](O[C@H]2[C@H](O[C@H](CC[C@@H](C)C3CC[C@@]4(C)C5CC=C6C(CC[C@H](O[C@@H]7O[C@H](CO)[C@@H](O)[C@H](O)[C@H]7O)C6(C)C)[C@]5(C)[C@H](O)C[C@]34C)C(C)(C)O)O[C@H](CO[C@@H]3[C@H](O)[C@@H](O)[C@H](O)[C@@H](CO)[C@H]3O)[C@@H](O)[C@@H]2O)[C@@H](O)[C@H](O)[C@H]1O. The third-order valence-electron chi connectivity index (χ3n) is 21.6. The van der Waals surface area contributed by atoms with Crippen LogP contribution in [0.3, 0.4) is 0 Å². The maximum absolute atomic E-state index is 12.7. The van der Waals surface area contributed by atoms with Crippen molar-refractivity contribution < 1.29 is 115 Å². The van der Waals surface area contributed by atoms with Gasteiger partial charge in [0.2, 0.25) is 0 Å². The second-order valence-corrected chi connectivity index (χ2v) is 26.7. The van der Waals surface area contributed by atoms with Gasteiger partial charge in [-0.25, -0.2) is 0 Å². The minimum absolute atomic E-state index is 0.0118. The summed E-state index contributed by atoms with van der Waals surface area (Å²) >= 11 is 0. The molecule has 0 amide bonds. The summed E-state index contributed by atoms with van der Waals surface area (Å²) in [7, 11) is 0. The number of rotatable bonds is 17. The topological polar surface area (TPSA) is 388 Å². The summed E-state index contributed by atoms with van der Waals surface area (Å²) in [5.41, 5.74) is -2.03. The van der Waals surface area contributed by atoms with Gasteiger partial charge >= 0.3 is 0 Å². The Hall–Kier alpha value is -1.18. The fourth-order valence-electron chi connectivity index (χ4n) is 16.3. The van der Waals surface area contributed by atoms with Gasteiger partial charge in [0.25, 0.3) is 0 Å². The Kier molecular flexibility index (Phi) is 19.3. The average Bonchev–Trinajstić information content (AvgIpc) is 3.98. The van der Waals surface area contributed by atoms with Crippen molar-refractivity contribution in [2.75, 3.05) is 19.8 Å². The molecular weight excluding hydrogens is 1040 g/mol. The van der Waals surface area contributed by atoms with Crippen LogP contribution in [-0.4, -0.2) is 248 Å². The van der Waals surface area contributed by atoms with Crippen LogP contribution >= 0.6 is 0 Å². The first-order chi connectivity index (χ1) is 36.8. The summed E-state index contributed by atoms with van der Waals surface area (Å²) in [6.45, 7) is 16.0. The van der Waals surface area contributed by atoms with Crippen molar-refractivity contribution in [3.8, 4) is 0 Å². The number of fused-ring (bicyclic) bond motifs is 5. The van der Waals surface area contributed by atoms with Gasteiger partial charge in [0.1, 0.15) is 85.5 Å². The van der Waals surface area contributed by atoms with E-state index in [0.717, 1.165) is 18.4 Å². The molecule has 0 aromatic carbocycles. The minimum Gasteiger partial charge on any atom is -0.396 e. The minimum atomic E-state index is -1.90. The Bertz CT molecular complexity index is 2060. The zero-order valence-electron chi connectivity index (χ0n) is 47.2. The second-order valence-electron chi connectivity index (χ2n) is 26.7. The summed E-state index contributed by atoms with van der Waals surface area (Å²) in [4.78, 5) is 0. The van der Waals surface area contributed by atoms with Crippen molar-refractivity contribution in [1.29, 1.82) is 0 Å². The lowest BCUT2D eigenvalue weighted by atomic mass is 9.38. The summed E-state index contributed by atoms with van der Waals surface area (Å²) < 4.78 is 42.9. The first kappa shape index (κ1) is 63.8. The van der Waals surface area contributed by atoms with Crippen LogP contribution in [-0.2, 0) is 33.2 Å². The normalized spacial score (nSPS) is 51.9. The lowest BCUT2D eigenvalue weighted by Gasteiger charge is -2.67. The van der Waals surface area contributed by atoms with Gasteiger partial charge in [0.15, 0.2) is 18.9 Å². The Labute approximate surface area is 463 Å². The Morgan fingerprint density at radius 1 is 0.620 bits per heavy atom. The zero-order chi connectivity index (χ0) is 58.4. The third kappa shape index (κ3) is 11.1. The molecule has 0 aromatic heterocycles. The van der Waals surface area contributed by atoms with Crippen molar-refractivity contribution in [2.45, 2.75) is 267 Å². The molecule has 16 N–H and O–H groups in total. The van der Waals surface area contributed by atoms with Gasteiger partial charge < -0.3 is 115 Å². The van der Waals surface area contributed by atoms with Crippen LogP contribution in [0.5, 0.6) is 0 Å². The highest BCUT2D eigenvalue weighted by Gasteiger charge is 2.70. The zero-order valence-corrected chi connectivity index (χ0v) is 47.2. The number of aliphatic hydroxyl groups excluding tert-OH is 15. The van der Waals surface area contributed by atoms with Crippen LogP contribution < -0.4 is 0 Å². The standard InChI is InChI=1S/C56H96O23/c1-10-28-37(62)41(66)46(71)50(74-28)79-48-43(68)39(64)30(22-73-47-36(61)24(20-57)35(60)40(65)44(47)69)76-51(48)78-34(53(5,6)72)15-11-23(2)25-17-18-54(7)31-14-12-26-27(56(31,9)32(59)19-55(25,54)8)13-16-33(52(26,3)4)77-49-45(70)42(67)38(63)29(21-58)75-49/h12,23-25,27-51,57-72H,10-11,13-22H2,1-9H3/t23-,24-,25?,27?,28+,29-,30-,31?,32-,33+,34-,35-,36-,37+,38-,39-,40+,41-,42+,43+,44-,45-,46+,47+,48-,49+,50-,51+,54+,55-,56+/m1/s1. The monoisotopic (exact) mass is 1140 g/mol. The molecule has 3 unspecified atom stereocenters. The van der Waals surface area contributed by atoms with E-state index in [1.807, 2.05) is 0 Å². The molecule has 4 saturated carbocycles. The quantitative estimate of drug-likeness (QED) is 0.0689. The molecule has 458 valence electrons. The van der Waals surface area contributed by atoms with Crippen LogP contribution in [0.4, 0.5) is 0 Å². The number of hydrogen-bond donors (Lipinski definition) is 16. The highest BCUT2D eigenvalue weighted by atomic mass is 16.8. The van der Waals surface area contributed by atoms with Crippen LogP contribution in [0.1, 0.15) is 120 Å². The van der Waals surface area contributed by atoms with Crippen molar-refractivity contribution in [3.63, 3.8) is 0 Å². The van der Waals surface area contributed by atoms with Gasteiger partial charge in [-0.2, -0.15) is 0 Å². The summed E-state index contributed by atoms with van der Waals surface area (Å²) in [5, 5.41) is 174. The molecule has 0 bridgehead atoms. The lowest BCUT2D eigenvalue weighted by Crippen LogP contribution is -2.66. The van der Waals surface area contributed by atoms with Crippen LogP contribution in [0.25, 0.3) is 0 Å². The highest BCUT2D eigenvalue weighted by molar-refractivity contribution is 5.32. The van der Waals surface area contributed by atoms with Crippen molar-refractivity contribution >= 4 is 0 Å². The summed E-state index contributed by atoms with van der Waals surface area (Å²) in [6.07, 6.45) is -26.5. The molecule has 79 heavy (non-hydrogen) atoms. The van der Waals surface area contributed by atoms with E-state index in [-0.39, 0.29) is 47.3 Å². The van der Waals surface area contributed by atoms with E-state index >= 15 is 0 Å². The molecule has 3 heterocycles. The highest BCUT2D eigenvalue weighted by Crippen LogP contribution is 2.75. The molecule has 23 nitrogen and oxygen atoms in total. The molecule has 3 aliphatic heterocycles. The molecule has 31 atom stereocenters. The van der Waals surface area contributed by atoms with Crippen molar-refractivity contribution in [1.82, 2.24) is 0 Å². The van der Waals surface area contributed by atoms with E-state index in [1.165, 1.54) is 0 Å². The van der Waals surface area contributed by atoms with Gasteiger partial charge in [-0.3, -0.25) is 0 Å². The lowest BCUT2D eigenvalue weighted by molar-refractivity contribution is -0.376. The predicted octanol–water partition coefficient (Wildman–Crippen LogP) is -2.18. The predicted molar refractivity (Wildman–Crippen MR) is 275 cm³/mol. The van der Waals surface area contributed by atoms with E-state index in [4.69, 9.17) is 33.2 Å². The average molecular weight is 1140 g/mol. The van der Waals surface area contributed by atoms with Crippen LogP contribution in [0.15, 0.2) is 11.6 Å². The molecule has 0 radical (unpaired) electrons. The van der Waals surface area contributed by atoms with Crippen LogP contribution in [0.2, 0.25) is 0 Å². The molecule has 8 rings (SSSR count). The van der Waals surface area contributed by atoms with E-state index in [0.29, 0.717) is 32.1 Å². The van der Waals surface area contributed by atoms with Gasteiger partial charge in [-0.05, 0) is 106 Å². The number of hydrogen-bond acceptors (Lipinski definition) is 23. The first-order valence-corrected chi connectivity index (χ1v) is 28.9. The smallest absolute Gasteiger partial charge is 0.187 e. The Morgan fingerprint density at radius 2 is 1.19 bits per heavy atom. The van der Waals surface area contributed by atoms with Gasteiger partial charge in [0.05, 0.1) is 62.0 Å². The van der Waals surface area contributed by atoms with Gasteiger partial charge in [0, 0.05) is 16.7 Å². The Morgan fingerprint density at radius 3 is 1.80 bits per heavy atom.